The van der Waals surface area contributed by atoms with E-state index in [0.717, 1.165) is 29.8 Å². The Bertz CT molecular complexity index is 695. The summed E-state index contributed by atoms with van der Waals surface area (Å²) in [6.45, 7) is 9.19. The lowest BCUT2D eigenvalue weighted by molar-refractivity contribution is -0.118. The largest absolute Gasteiger partial charge is 0.355 e. The van der Waals surface area contributed by atoms with Gasteiger partial charge in [0.1, 0.15) is 0 Å². The number of nitrogens with one attached hydrogen (secondary N) is 1. The molecule has 0 bridgehead atoms. The summed E-state index contributed by atoms with van der Waals surface area (Å²) in [4.78, 5) is 12.2. The monoisotopic (exact) mass is 375 g/mol. The number of benzene rings is 1. The van der Waals surface area contributed by atoms with Gasteiger partial charge in [-0.25, -0.2) is 0 Å². The van der Waals surface area contributed by atoms with Crippen LogP contribution in [0.15, 0.2) is 23.4 Å². The van der Waals surface area contributed by atoms with Gasteiger partial charge >= 0.3 is 0 Å². The number of hydrogen-bond acceptors (Lipinski definition) is 5. The van der Waals surface area contributed by atoms with Crippen molar-refractivity contribution in [3.8, 4) is 5.69 Å². The summed E-state index contributed by atoms with van der Waals surface area (Å²) < 4.78 is 1.72. The number of hydrogen-bond donors (Lipinski definition) is 1. The molecule has 0 fully saturated rings. The van der Waals surface area contributed by atoms with Gasteiger partial charge in [-0.2, -0.15) is 4.68 Å². The molecule has 6 nitrogen and oxygen atoms in total. The van der Waals surface area contributed by atoms with Crippen LogP contribution < -0.4 is 5.32 Å². The molecular weight excluding hydrogens is 346 g/mol. The summed E-state index contributed by atoms with van der Waals surface area (Å²) in [5, 5.41) is 15.7. The molecule has 2 rings (SSSR count). The first-order valence-electron chi connectivity index (χ1n) is 9.31. The lowest BCUT2D eigenvalue weighted by Crippen LogP contribution is -2.30. The summed E-state index contributed by atoms with van der Waals surface area (Å²) >= 11 is 1.37. The Balaban J connectivity index is 1.93. The molecule has 1 amide bonds. The van der Waals surface area contributed by atoms with Crippen molar-refractivity contribution in [2.75, 3.05) is 12.3 Å². The number of carbonyl (C=O) groups is 1. The minimum absolute atomic E-state index is 0.0287. The molecule has 7 heteroatoms. The van der Waals surface area contributed by atoms with E-state index in [1.165, 1.54) is 31.0 Å². The summed E-state index contributed by atoms with van der Waals surface area (Å²) in [6, 6.07) is 6.08. The van der Waals surface area contributed by atoms with Crippen molar-refractivity contribution >= 4 is 17.7 Å². The van der Waals surface area contributed by atoms with Crippen molar-refractivity contribution in [3.05, 3.63) is 29.3 Å². The second-order valence-corrected chi connectivity index (χ2v) is 7.57. The molecule has 0 spiro atoms. The predicted octanol–water partition coefficient (Wildman–Crippen LogP) is 3.70. The topological polar surface area (TPSA) is 72.7 Å². The van der Waals surface area contributed by atoms with Gasteiger partial charge in [-0.05, 0) is 47.7 Å². The first-order chi connectivity index (χ1) is 12.6. The Kier molecular flexibility index (Phi) is 8.09. The SMILES string of the molecule is CCCC[C@@H](CC)CNC(=O)CSc1nnnn1-c1c(C)cccc1C. The molecule has 1 heterocycles. The van der Waals surface area contributed by atoms with Gasteiger partial charge in [0.2, 0.25) is 11.1 Å². The van der Waals surface area contributed by atoms with E-state index in [2.05, 4.69) is 34.7 Å². The van der Waals surface area contributed by atoms with E-state index in [-0.39, 0.29) is 5.91 Å². The molecule has 2 aromatic rings. The van der Waals surface area contributed by atoms with Crippen molar-refractivity contribution in [2.24, 2.45) is 5.92 Å². The maximum Gasteiger partial charge on any atom is 0.230 e. The number of unbranched alkanes of at least 4 members (excludes halogenated alkanes) is 1. The zero-order valence-electron chi connectivity index (χ0n) is 16.2. The molecule has 1 atom stereocenters. The third-order valence-corrected chi connectivity index (χ3v) is 5.48. The van der Waals surface area contributed by atoms with Gasteiger partial charge in [0.05, 0.1) is 11.4 Å². The number of aromatic nitrogens is 4. The van der Waals surface area contributed by atoms with Crippen molar-refractivity contribution in [1.29, 1.82) is 0 Å². The van der Waals surface area contributed by atoms with Crippen molar-refractivity contribution < 1.29 is 4.79 Å². The molecule has 1 N–H and O–H groups in total. The molecule has 0 aliphatic carbocycles. The Hall–Kier alpha value is -1.89. The number of aryl methyl sites for hydroxylation is 2. The Morgan fingerprint density at radius 1 is 1.27 bits per heavy atom. The number of para-hydroxylation sites is 1. The highest BCUT2D eigenvalue weighted by Gasteiger charge is 2.15. The predicted molar refractivity (Wildman–Crippen MR) is 106 cm³/mol. The normalized spacial score (nSPS) is 12.2. The van der Waals surface area contributed by atoms with Crippen LogP contribution in [0.1, 0.15) is 50.7 Å². The second kappa shape index (κ2) is 10.3. The molecule has 0 saturated heterocycles. The highest BCUT2D eigenvalue weighted by Crippen LogP contribution is 2.23. The van der Waals surface area contributed by atoms with Gasteiger partial charge in [-0.3, -0.25) is 4.79 Å². The lowest BCUT2D eigenvalue weighted by atomic mass is 9.99. The van der Waals surface area contributed by atoms with Crippen LogP contribution >= 0.6 is 11.8 Å². The average Bonchev–Trinajstić information content (AvgIpc) is 3.08. The van der Waals surface area contributed by atoms with Crippen LogP contribution in [0.2, 0.25) is 0 Å². The van der Waals surface area contributed by atoms with Crippen molar-refractivity contribution in [3.63, 3.8) is 0 Å². The minimum atomic E-state index is 0.0287. The quantitative estimate of drug-likeness (QED) is 0.641. The molecule has 0 aliphatic rings. The van der Waals surface area contributed by atoms with Crippen LogP contribution in [-0.4, -0.2) is 38.4 Å². The fourth-order valence-electron chi connectivity index (χ4n) is 2.93. The summed E-state index contributed by atoms with van der Waals surface area (Å²) in [7, 11) is 0. The van der Waals surface area contributed by atoms with E-state index in [0.29, 0.717) is 16.8 Å². The Labute approximate surface area is 160 Å². The van der Waals surface area contributed by atoms with Gasteiger partial charge < -0.3 is 5.32 Å². The van der Waals surface area contributed by atoms with Gasteiger partial charge in [-0.15, -0.1) is 5.10 Å². The smallest absolute Gasteiger partial charge is 0.230 e. The molecule has 0 radical (unpaired) electrons. The molecular formula is C19H29N5OS. The van der Waals surface area contributed by atoms with Crippen LogP contribution in [0.25, 0.3) is 5.69 Å². The number of rotatable bonds is 10. The van der Waals surface area contributed by atoms with Crippen LogP contribution in [0.4, 0.5) is 0 Å². The molecule has 0 aliphatic heterocycles. The van der Waals surface area contributed by atoms with E-state index in [4.69, 9.17) is 0 Å². The van der Waals surface area contributed by atoms with Crippen molar-refractivity contribution in [2.45, 2.75) is 58.5 Å². The first-order valence-corrected chi connectivity index (χ1v) is 10.3. The molecule has 142 valence electrons. The molecule has 1 aromatic heterocycles. The lowest BCUT2D eigenvalue weighted by Gasteiger charge is -2.15. The third-order valence-electron chi connectivity index (χ3n) is 4.56. The Morgan fingerprint density at radius 2 is 2.00 bits per heavy atom. The highest BCUT2D eigenvalue weighted by molar-refractivity contribution is 7.99. The molecule has 0 saturated carbocycles. The molecule has 0 unspecified atom stereocenters. The van der Waals surface area contributed by atoms with E-state index in [9.17, 15) is 4.79 Å². The number of amides is 1. The Morgan fingerprint density at radius 3 is 2.65 bits per heavy atom. The third kappa shape index (κ3) is 5.56. The first kappa shape index (κ1) is 20.4. The summed E-state index contributed by atoms with van der Waals surface area (Å²) in [6.07, 6.45) is 4.68. The maximum atomic E-state index is 12.2. The molecule has 1 aromatic carbocycles. The summed E-state index contributed by atoms with van der Waals surface area (Å²) in [5.41, 5.74) is 3.18. The summed E-state index contributed by atoms with van der Waals surface area (Å²) in [5.74, 6) is 0.903. The standard InChI is InChI=1S/C19H29N5OS/c1-5-7-11-16(6-2)12-20-17(25)13-26-19-21-22-23-24(19)18-14(3)9-8-10-15(18)4/h8-10,16H,5-7,11-13H2,1-4H3,(H,20,25)/t16-/m1/s1. The van der Waals surface area contributed by atoms with E-state index in [1.54, 1.807) is 4.68 Å². The zero-order chi connectivity index (χ0) is 18.9. The van der Waals surface area contributed by atoms with Crippen molar-refractivity contribution in [1.82, 2.24) is 25.5 Å². The minimum Gasteiger partial charge on any atom is -0.355 e. The van der Waals surface area contributed by atoms with E-state index < -0.39 is 0 Å². The van der Waals surface area contributed by atoms with E-state index in [1.807, 2.05) is 32.0 Å². The number of carbonyl (C=O) groups excluding carboxylic acids is 1. The van der Waals surface area contributed by atoms with Crippen LogP contribution in [0.5, 0.6) is 0 Å². The fourth-order valence-corrected chi connectivity index (χ4v) is 3.64. The maximum absolute atomic E-state index is 12.2. The van der Waals surface area contributed by atoms with Crippen LogP contribution in [-0.2, 0) is 4.79 Å². The van der Waals surface area contributed by atoms with Crippen LogP contribution in [0.3, 0.4) is 0 Å². The van der Waals surface area contributed by atoms with E-state index >= 15 is 0 Å². The van der Waals surface area contributed by atoms with Crippen LogP contribution in [0, 0.1) is 19.8 Å². The fraction of sp³-hybridized carbons (Fsp3) is 0.579. The number of thioether (sulfide) groups is 1. The van der Waals surface area contributed by atoms with Gasteiger partial charge in [0.25, 0.3) is 0 Å². The number of nitrogens with zero attached hydrogens (tertiary/aromatic N) is 4. The zero-order valence-corrected chi connectivity index (χ0v) is 17.0. The molecule has 26 heavy (non-hydrogen) atoms. The van der Waals surface area contributed by atoms with Gasteiger partial charge in [0, 0.05) is 6.54 Å². The van der Waals surface area contributed by atoms with Gasteiger partial charge in [0.15, 0.2) is 0 Å². The van der Waals surface area contributed by atoms with Gasteiger partial charge in [-0.1, -0.05) is 63.1 Å². The number of tetrazole rings is 1. The second-order valence-electron chi connectivity index (χ2n) is 6.62. The average molecular weight is 376 g/mol. The highest BCUT2D eigenvalue weighted by atomic mass is 32.2.